The van der Waals surface area contributed by atoms with Gasteiger partial charge < -0.3 is 5.73 Å². The van der Waals surface area contributed by atoms with E-state index in [-0.39, 0.29) is 5.56 Å². The van der Waals surface area contributed by atoms with Gasteiger partial charge in [-0.25, -0.2) is 4.40 Å². The molecular formula is C12H10N4O. The predicted octanol–water partition coefficient (Wildman–Crippen LogP) is 1.27. The van der Waals surface area contributed by atoms with E-state index in [1.54, 1.807) is 18.2 Å². The molecule has 0 saturated carbocycles. The Labute approximate surface area is 96.5 Å². The van der Waals surface area contributed by atoms with Crippen molar-refractivity contribution < 1.29 is 0 Å². The number of benzene rings is 1. The fourth-order valence-corrected chi connectivity index (χ4v) is 1.84. The fraction of sp³-hybridized carbons (Fsp3) is 0. The van der Waals surface area contributed by atoms with Crippen LogP contribution in [0.3, 0.4) is 0 Å². The number of hydrogen-bond acceptors (Lipinski definition) is 3. The summed E-state index contributed by atoms with van der Waals surface area (Å²) < 4.78 is 1.51. The Balaban J connectivity index is 2.40. The monoisotopic (exact) mass is 226 g/mol. The summed E-state index contributed by atoms with van der Waals surface area (Å²) in [5.74, 6) is 0.531. The molecule has 0 aliphatic carbocycles. The summed E-state index contributed by atoms with van der Waals surface area (Å²) in [4.78, 5) is 11.8. The first-order valence-corrected chi connectivity index (χ1v) is 5.18. The molecule has 0 aliphatic heterocycles. The summed E-state index contributed by atoms with van der Waals surface area (Å²) in [7, 11) is 0. The summed E-state index contributed by atoms with van der Waals surface area (Å²) >= 11 is 0. The number of nitrogen functional groups attached to an aromatic ring is 1. The van der Waals surface area contributed by atoms with Crippen LogP contribution in [0, 0.1) is 0 Å². The molecule has 2 aromatic heterocycles. The van der Waals surface area contributed by atoms with E-state index in [0.717, 1.165) is 5.56 Å². The fourth-order valence-electron chi connectivity index (χ4n) is 1.84. The molecule has 3 aromatic rings. The summed E-state index contributed by atoms with van der Waals surface area (Å²) in [6.07, 6.45) is 0. The minimum atomic E-state index is -0.130. The number of hydrogen-bond donors (Lipinski definition) is 2. The lowest BCUT2D eigenvalue weighted by atomic mass is 10.2. The molecule has 0 atom stereocenters. The smallest absolute Gasteiger partial charge is 0.257 e. The lowest BCUT2D eigenvalue weighted by Gasteiger charge is -2.02. The summed E-state index contributed by atoms with van der Waals surface area (Å²) in [5.41, 5.74) is 7.74. The van der Waals surface area contributed by atoms with Crippen molar-refractivity contribution in [2.45, 2.75) is 0 Å². The maximum absolute atomic E-state index is 11.8. The zero-order valence-corrected chi connectivity index (χ0v) is 8.92. The molecule has 0 unspecified atom stereocenters. The Morgan fingerprint density at radius 1 is 1.12 bits per heavy atom. The SMILES string of the molecule is Nc1ccccc1-c1n[nH]c2cccc(=O)n12. The van der Waals surface area contributed by atoms with Crippen LogP contribution in [0.15, 0.2) is 47.3 Å². The number of pyridine rings is 1. The van der Waals surface area contributed by atoms with E-state index in [1.807, 2.05) is 18.2 Å². The molecule has 2 heterocycles. The maximum Gasteiger partial charge on any atom is 0.257 e. The summed E-state index contributed by atoms with van der Waals surface area (Å²) in [6.45, 7) is 0. The minimum absolute atomic E-state index is 0.130. The highest BCUT2D eigenvalue weighted by atomic mass is 16.1. The van der Waals surface area contributed by atoms with Gasteiger partial charge in [0.25, 0.3) is 5.56 Å². The first-order valence-electron chi connectivity index (χ1n) is 5.18. The molecule has 1 aromatic carbocycles. The van der Waals surface area contributed by atoms with E-state index < -0.39 is 0 Å². The van der Waals surface area contributed by atoms with Crippen molar-refractivity contribution >= 4 is 11.3 Å². The number of nitrogens with zero attached hydrogens (tertiary/aromatic N) is 2. The van der Waals surface area contributed by atoms with E-state index in [2.05, 4.69) is 10.2 Å². The standard InChI is InChI=1S/C12H10N4O/c13-9-5-2-1-4-8(9)12-15-14-10-6-3-7-11(17)16(10)12/h1-7,14H,13H2. The number of aromatic nitrogens is 3. The maximum atomic E-state index is 11.8. The third-order valence-corrected chi connectivity index (χ3v) is 2.64. The van der Waals surface area contributed by atoms with E-state index >= 15 is 0 Å². The Morgan fingerprint density at radius 3 is 2.76 bits per heavy atom. The van der Waals surface area contributed by atoms with Crippen molar-refractivity contribution in [3.05, 3.63) is 52.8 Å². The highest BCUT2D eigenvalue weighted by Gasteiger charge is 2.10. The lowest BCUT2D eigenvalue weighted by Crippen LogP contribution is -2.11. The van der Waals surface area contributed by atoms with Crippen LogP contribution in [0.2, 0.25) is 0 Å². The minimum Gasteiger partial charge on any atom is -0.398 e. The van der Waals surface area contributed by atoms with Crippen molar-refractivity contribution in [1.82, 2.24) is 14.6 Å². The van der Waals surface area contributed by atoms with Gasteiger partial charge in [0.15, 0.2) is 5.82 Å². The molecule has 5 heteroatoms. The van der Waals surface area contributed by atoms with Gasteiger partial charge in [0.2, 0.25) is 0 Å². The number of nitrogens with one attached hydrogen (secondary N) is 1. The number of para-hydroxylation sites is 1. The van der Waals surface area contributed by atoms with Crippen molar-refractivity contribution in [1.29, 1.82) is 0 Å². The number of anilines is 1. The molecule has 3 rings (SSSR count). The average Bonchev–Trinajstić information content (AvgIpc) is 2.75. The molecule has 84 valence electrons. The molecule has 5 nitrogen and oxygen atoms in total. The Hall–Kier alpha value is -2.56. The van der Waals surface area contributed by atoms with Gasteiger partial charge in [-0.2, -0.15) is 5.10 Å². The van der Waals surface area contributed by atoms with Crippen LogP contribution in [-0.2, 0) is 0 Å². The van der Waals surface area contributed by atoms with Crippen molar-refractivity contribution in [3.8, 4) is 11.4 Å². The van der Waals surface area contributed by atoms with Crippen molar-refractivity contribution in [2.75, 3.05) is 5.73 Å². The van der Waals surface area contributed by atoms with Crippen LogP contribution in [0.4, 0.5) is 5.69 Å². The molecule has 0 saturated heterocycles. The van der Waals surface area contributed by atoms with Crippen LogP contribution in [0.5, 0.6) is 0 Å². The number of H-pyrrole nitrogens is 1. The topological polar surface area (TPSA) is 76.2 Å². The first kappa shape index (κ1) is 9.65. The van der Waals surface area contributed by atoms with E-state index in [1.165, 1.54) is 10.5 Å². The molecule has 0 fully saturated rings. The normalized spacial score (nSPS) is 10.8. The van der Waals surface area contributed by atoms with Crippen LogP contribution in [0.25, 0.3) is 17.0 Å². The number of rotatable bonds is 1. The van der Waals surface area contributed by atoms with E-state index in [4.69, 9.17) is 5.73 Å². The largest absolute Gasteiger partial charge is 0.398 e. The highest BCUT2D eigenvalue weighted by Crippen LogP contribution is 2.22. The Bertz CT molecular complexity index is 741. The molecule has 0 bridgehead atoms. The van der Waals surface area contributed by atoms with Crippen LogP contribution in [-0.4, -0.2) is 14.6 Å². The average molecular weight is 226 g/mol. The predicted molar refractivity (Wildman–Crippen MR) is 65.7 cm³/mol. The first-order chi connectivity index (χ1) is 8.27. The molecule has 0 amide bonds. The zero-order valence-electron chi connectivity index (χ0n) is 8.92. The number of fused-ring (bicyclic) bond motifs is 1. The van der Waals surface area contributed by atoms with E-state index in [0.29, 0.717) is 17.2 Å². The van der Waals surface area contributed by atoms with Crippen molar-refractivity contribution in [3.63, 3.8) is 0 Å². The Morgan fingerprint density at radius 2 is 1.94 bits per heavy atom. The zero-order chi connectivity index (χ0) is 11.8. The van der Waals surface area contributed by atoms with Crippen LogP contribution >= 0.6 is 0 Å². The van der Waals surface area contributed by atoms with Gasteiger partial charge >= 0.3 is 0 Å². The van der Waals surface area contributed by atoms with Gasteiger partial charge in [0, 0.05) is 17.3 Å². The molecule has 0 aliphatic rings. The molecule has 0 spiro atoms. The third kappa shape index (κ3) is 1.40. The second-order valence-corrected chi connectivity index (χ2v) is 3.72. The van der Waals surface area contributed by atoms with E-state index in [9.17, 15) is 4.79 Å². The van der Waals surface area contributed by atoms with Gasteiger partial charge in [0.05, 0.1) is 0 Å². The van der Waals surface area contributed by atoms with Gasteiger partial charge in [-0.05, 0) is 18.2 Å². The van der Waals surface area contributed by atoms with Gasteiger partial charge in [-0.15, -0.1) is 0 Å². The highest BCUT2D eigenvalue weighted by molar-refractivity contribution is 5.72. The second-order valence-electron chi connectivity index (χ2n) is 3.72. The quantitative estimate of drug-likeness (QED) is 0.613. The Kier molecular flexibility index (Phi) is 1.98. The second kappa shape index (κ2) is 3.48. The molecule has 3 N–H and O–H groups in total. The van der Waals surface area contributed by atoms with Gasteiger partial charge in [0.1, 0.15) is 5.65 Å². The van der Waals surface area contributed by atoms with Crippen molar-refractivity contribution in [2.24, 2.45) is 0 Å². The third-order valence-electron chi connectivity index (χ3n) is 2.64. The number of nitrogens with two attached hydrogens (primary N) is 1. The van der Waals surface area contributed by atoms with Crippen LogP contribution < -0.4 is 11.3 Å². The molecule has 0 radical (unpaired) electrons. The summed E-state index contributed by atoms with van der Waals surface area (Å²) in [5, 5.41) is 6.96. The lowest BCUT2D eigenvalue weighted by molar-refractivity contribution is 1.09. The van der Waals surface area contributed by atoms with Crippen LogP contribution in [0.1, 0.15) is 0 Å². The van der Waals surface area contributed by atoms with Gasteiger partial charge in [-0.3, -0.25) is 9.89 Å². The molecule has 17 heavy (non-hydrogen) atoms. The summed E-state index contributed by atoms with van der Waals surface area (Å²) in [6, 6.07) is 12.3. The number of aromatic amines is 1. The van der Waals surface area contributed by atoms with Gasteiger partial charge in [-0.1, -0.05) is 18.2 Å². The molecular weight excluding hydrogens is 216 g/mol.